The van der Waals surface area contributed by atoms with Gasteiger partial charge in [0.25, 0.3) is 5.91 Å². The second-order valence-corrected chi connectivity index (χ2v) is 7.43. The number of para-hydroxylation sites is 1. The molecule has 2 aliphatic heterocycles. The number of primary amides is 1. The number of nitrogens with two attached hydrogens (primary N) is 1. The van der Waals surface area contributed by atoms with Crippen LogP contribution in [0.2, 0.25) is 0 Å². The van der Waals surface area contributed by atoms with Crippen LogP contribution in [-0.4, -0.2) is 47.5 Å². The zero-order valence-corrected chi connectivity index (χ0v) is 14.8. The first-order valence-corrected chi connectivity index (χ1v) is 9.40. The Hall–Kier alpha value is -2.34. The molecule has 6 nitrogen and oxygen atoms in total. The molecule has 6 heteroatoms. The number of hydrogen-bond donors (Lipinski definition) is 2. The van der Waals surface area contributed by atoms with Crippen LogP contribution < -0.4 is 5.73 Å². The third-order valence-corrected chi connectivity index (χ3v) is 5.86. The molecule has 0 radical (unpaired) electrons. The minimum atomic E-state index is -0.251. The van der Waals surface area contributed by atoms with Gasteiger partial charge in [-0.15, -0.1) is 0 Å². The monoisotopic (exact) mass is 355 g/mol. The first-order chi connectivity index (χ1) is 12.6. The van der Waals surface area contributed by atoms with Gasteiger partial charge in [0.1, 0.15) is 0 Å². The normalized spacial score (nSPS) is 24.2. The molecular formula is C20H25N3O3. The van der Waals surface area contributed by atoms with Crippen LogP contribution in [-0.2, 0) is 9.53 Å². The number of piperidine rings is 1. The van der Waals surface area contributed by atoms with E-state index in [0.717, 1.165) is 55.2 Å². The van der Waals surface area contributed by atoms with Gasteiger partial charge in [0.05, 0.1) is 23.1 Å². The molecule has 2 saturated heterocycles. The maximum absolute atomic E-state index is 12.9. The summed E-state index contributed by atoms with van der Waals surface area (Å²) in [5.74, 6) is 0.160. The number of aromatic nitrogens is 1. The predicted molar refractivity (Wildman–Crippen MR) is 98.6 cm³/mol. The number of nitrogens with zero attached hydrogens (tertiary/aromatic N) is 1. The first-order valence-electron chi connectivity index (χ1n) is 9.40. The third kappa shape index (κ3) is 3.21. The van der Waals surface area contributed by atoms with E-state index in [4.69, 9.17) is 10.5 Å². The predicted octanol–water partition coefficient (Wildman–Crippen LogP) is 2.30. The minimum absolute atomic E-state index is 0.0487. The van der Waals surface area contributed by atoms with Crippen LogP contribution in [0.25, 0.3) is 10.9 Å². The van der Waals surface area contributed by atoms with Gasteiger partial charge in [-0.25, -0.2) is 0 Å². The average molecular weight is 355 g/mol. The first kappa shape index (κ1) is 17.1. The topological polar surface area (TPSA) is 88.4 Å². The fourth-order valence-electron chi connectivity index (χ4n) is 4.34. The van der Waals surface area contributed by atoms with E-state index >= 15 is 0 Å². The second kappa shape index (κ2) is 7.11. The lowest BCUT2D eigenvalue weighted by molar-refractivity contribution is -0.123. The molecule has 2 aromatic rings. The van der Waals surface area contributed by atoms with Crippen LogP contribution in [0.1, 0.15) is 36.0 Å². The van der Waals surface area contributed by atoms with Gasteiger partial charge in [-0.1, -0.05) is 12.1 Å². The summed E-state index contributed by atoms with van der Waals surface area (Å²) in [6, 6.07) is 7.80. The summed E-state index contributed by atoms with van der Waals surface area (Å²) >= 11 is 0. The van der Waals surface area contributed by atoms with Gasteiger partial charge in [0.2, 0.25) is 5.91 Å². The molecule has 2 aliphatic rings. The van der Waals surface area contributed by atoms with E-state index in [1.54, 1.807) is 0 Å². The van der Waals surface area contributed by atoms with Crippen LogP contribution in [0.4, 0.5) is 0 Å². The highest BCUT2D eigenvalue weighted by Gasteiger charge is 2.35. The summed E-state index contributed by atoms with van der Waals surface area (Å²) < 4.78 is 5.73. The number of amides is 2. The van der Waals surface area contributed by atoms with Gasteiger partial charge in [0, 0.05) is 31.3 Å². The van der Waals surface area contributed by atoms with Crippen molar-refractivity contribution >= 4 is 22.7 Å². The zero-order chi connectivity index (χ0) is 18.1. The van der Waals surface area contributed by atoms with Crippen LogP contribution in [0.5, 0.6) is 0 Å². The van der Waals surface area contributed by atoms with E-state index in [9.17, 15) is 9.59 Å². The summed E-state index contributed by atoms with van der Waals surface area (Å²) in [4.78, 5) is 29.6. The lowest BCUT2D eigenvalue weighted by atomic mass is 9.86. The van der Waals surface area contributed by atoms with Crippen molar-refractivity contribution in [2.24, 2.45) is 17.6 Å². The Labute approximate surface area is 152 Å². The van der Waals surface area contributed by atoms with Gasteiger partial charge in [-0.3, -0.25) is 9.59 Å². The Kier molecular flexibility index (Phi) is 4.68. The fourth-order valence-corrected chi connectivity index (χ4v) is 4.34. The van der Waals surface area contributed by atoms with Crippen molar-refractivity contribution in [3.8, 4) is 0 Å². The molecule has 3 N–H and O–H groups in total. The molecule has 0 spiro atoms. The quantitative estimate of drug-likeness (QED) is 0.882. The maximum atomic E-state index is 12.9. The minimum Gasteiger partial charge on any atom is -0.377 e. The number of H-pyrrole nitrogens is 1. The van der Waals surface area contributed by atoms with E-state index in [2.05, 4.69) is 4.98 Å². The van der Waals surface area contributed by atoms with Crippen LogP contribution in [0.3, 0.4) is 0 Å². The number of hydrogen-bond acceptors (Lipinski definition) is 3. The molecule has 2 amide bonds. The molecule has 0 saturated carbocycles. The zero-order valence-electron chi connectivity index (χ0n) is 14.8. The maximum Gasteiger partial charge on any atom is 0.255 e. The molecule has 4 rings (SSSR count). The Morgan fingerprint density at radius 2 is 2.00 bits per heavy atom. The van der Waals surface area contributed by atoms with Crippen LogP contribution >= 0.6 is 0 Å². The highest BCUT2D eigenvalue weighted by Crippen LogP contribution is 2.31. The molecule has 1 aromatic heterocycles. The lowest BCUT2D eigenvalue weighted by Crippen LogP contribution is -2.40. The third-order valence-electron chi connectivity index (χ3n) is 5.86. The molecule has 2 atom stereocenters. The van der Waals surface area contributed by atoms with Gasteiger partial charge in [-0.05, 0) is 43.7 Å². The summed E-state index contributed by atoms with van der Waals surface area (Å²) in [6.45, 7) is 2.11. The Morgan fingerprint density at radius 3 is 2.77 bits per heavy atom. The highest BCUT2D eigenvalue weighted by atomic mass is 16.5. The standard InChI is InChI=1S/C20H25N3O3/c21-19(24)15-7-11-26-17(15)12-13-5-9-23(10-6-13)20(25)16-3-1-2-14-4-8-22-18(14)16/h1-4,8,13,15,17,22H,5-7,9-12H2,(H2,21,24)/t15-,17-/m1/s1. The van der Waals surface area contributed by atoms with Crippen molar-refractivity contribution in [3.63, 3.8) is 0 Å². The number of likely N-dealkylation sites (tertiary alicyclic amines) is 1. The van der Waals surface area contributed by atoms with Crippen molar-refractivity contribution in [2.75, 3.05) is 19.7 Å². The Morgan fingerprint density at radius 1 is 1.19 bits per heavy atom. The number of aromatic amines is 1. The molecule has 3 heterocycles. The Bertz CT molecular complexity index is 807. The van der Waals surface area contributed by atoms with Crippen molar-refractivity contribution in [2.45, 2.75) is 31.8 Å². The van der Waals surface area contributed by atoms with E-state index in [1.165, 1.54) is 0 Å². The van der Waals surface area contributed by atoms with E-state index in [1.807, 2.05) is 35.4 Å². The van der Waals surface area contributed by atoms with Gasteiger partial charge < -0.3 is 20.4 Å². The molecule has 1 aromatic carbocycles. The van der Waals surface area contributed by atoms with E-state index in [0.29, 0.717) is 12.5 Å². The highest BCUT2D eigenvalue weighted by molar-refractivity contribution is 6.05. The average Bonchev–Trinajstić information content (AvgIpc) is 3.30. The van der Waals surface area contributed by atoms with Crippen molar-refractivity contribution < 1.29 is 14.3 Å². The van der Waals surface area contributed by atoms with Crippen LogP contribution in [0, 0.1) is 11.8 Å². The molecular weight excluding hydrogens is 330 g/mol. The largest absolute Gasteiger partial charge is 0.377 e. The fraction of sp³-hybridized carbons (Fsp3) is 0.500. The number of rotatable bonds is 4. The number of nitrogens with one attached hydrogen (secondary N) is 1. The molecule has 0 unspecified atom stereocenters. The SMILES string of the molecule is NC(=O)[C@@H]1CCO[C@@H]1CC1CCN(C(=O)c2cccc3cc[nH]c23)CC1. The van der Waals surface area contributed by atoms with Crippen LogP contribution in [0.15, 0.2) is 30.5 Å². The number of ether oxygens (including phenoxy) is 1. The Balaban J connectivity index is 1.37. The summed E-state index contributed by atoms with van der Waals surface area (Å²) in [5, 5.41) is 1.06. The summed E-state index contributed by atoms with van der Waals surface area (Å²) in [5.41, 5.74) is 7.12. The molecule has 138 valence electrons. The number of carbonyl (C=O) groups is 2. The van der Waals surface area contributed by atoms with E-state index < -0.39 is 0 Å². The van der Waals surface area contributed by atoms with Crippen molar-refractivity contribution in [1.82, 2.24) is 9.88 Å². The van der Waals surface area contributed by atoms with Crippen molar-refractivity contribution in [3.05, 3.63) is 36.0 Å². The second-order valence-electron chi connectivity index (χ2n) is 7.43. The smallest absolute Gasteiger partial charge is 0.255 e. The number of carbonyl (C=O) groups excluding carboxylic acids is 2. The molecule has 2 fully saturated rings. The molecule has 26 heavy (non-hydrogen) atoms. The number of fused-ring (bicyclic) bond motifs is 1. The summed E-state index contributed by atoms with van der Waals surface area (Å²) in [6.07, 6.45) is 5.30. The lowest BCUT2D eigenvalue weighted by Gasteiger charge is -2.33. The van der Waals surface area contributed by atoms with Gasteiger partial charge in [-0.2, -0.15) is 0 Å². The molecule has 0 bridgehead atoms. The summed E-state index contributed by atoms with van der Waals surface area (Å²) in [7, 11) is 0. The van der Waals surface area contributed by atoms with Gasteiger partial charge in [0.15, 0.2) is 0 Å². The molecule has 0 aliphatic carbocycles. The van der Waals surface area contributed by atoms with E-state index in [-0.39, 0.29) is 23.8 Å². The van der Waals surface area contributed by atoms with Crippen molar-refractivity contribution in [1.29, 1.82) is 0 Å². The number of benzene rings is 1. The van der Waals surface area contributed by atoms with Gasteiger partial charge >= 0.3 is 0 Å².